The van der Waals surface area contributed by atoms with E-state index in [1.54, 1.807) is 50.3 Å². The van der Waals surface area contributed by atoms with Crippen molar-refractivity contribution in [2.45, 2.75) is 4.90 Å². The molecule has 1 amide bonds. The minimum atomic E-state index is -0.203. The molecule has 23 heavy (non-hydrogen) atoms. The molecule has 4 nitrogen and oxygen atoms in total. The smallest absolute Gasteiger partial charge is 0.248 e. The van der Waals surface area contributed by atoms with Crippen molar-refractivity contribution >= 4 is 29.4 Å². The van der Waals surface area contributed by atoms with E-state index in [1.165, 1.54) is 11.0 Å². The first-order chi connectivity index (χ1) is 11.2. The number of benzene rings is 2. The van der Waals surface area contributed by atoms with Crippen LogP contribution in [0, 0.1) is 0 Å². The van der Waals surface area contributed by atoms with Gasteiger partial charge >= 0.3 is 0 Å². The van der Waals surface area contributed by atoms with Crippen LogP contribution >= 0.6 is 11.8 Å². The molecule has 0 spiro atoms. The third kappa shape index (κ3) is 4.79. The van der Waals surface area contributed by atoms with E-state index in [2.05, 4.69) is 5.32 Å². The van der Waals surface area contributed by atoms with Gasteiger partial charge in [0.1, 0.15) is 0 Å². The molecular weight excluding hydrogens is 310 g/mol. The molecule has 1 N–H and O–H groups in total. The summed E-state index contributed by atoms with van der Waals surface area (Å²) in [5, 5.41) is 2.80. The quantitative estimate of drug-likeness (QED) is 0.641. The zero-order chi connectivity index (χ0) is 16.7. The maximum atomic E-state index is 12.0. The van der Waals surface area contributed by atoms with Crippen molar-refractivity contribution in [2.75, 3.05) is 25.8 Å². The van der Waals surface area contributed by atoms with Gasteiger partial charge in [0, 0.05) is 22.7 Å². The van der Waals surface area contributed by atoms with Crippen LogP contribution in [0.4, 0.5) is 5.69 Å². The van der Waals surface area contributed by atoms with Crippen LogP contribution < -0.4 is 14.8 Å². The Morgan fingerprint density at radius 2 is 1.74 bits per heavy atom. The Bertz CT molecular complexity index is 696. The summed E-state index contributed by atoms with van der Waals surface area (Å²) in [5.74, 6) is 0.989. The number of hydrogen-bond donors (Lipinski definition) is 1. The number of ether oxygens (including phenoxy) is 2. The van der Waals surface area contributed by atoms with Crippen LogP contribution in [0.3, 0.4) is 0 Å². The predicted octanol–water partition coefficient (Wildman–Crippen LogP) is 4.08. The highest BCUT2D eigenvalue weighted by Crippen LogP contribution is 2.29. The first kappa shape index (κ1) is 17.0. The van der Waals surface area contributed by atoms with Crippen molar-refractivity contribution in [3.05, 3.63) is 54.1 Å². The van der Waals surface area contributed by atoms with Gasteiger partial charge in [0.2, 0.25) is 5.91 Å². The highest BCUT2D eigenvalue weighted by atomic mass is 32.2. The summed E-state index contributed by atoms with van der Waals surface area (Å²) in [7, 11) is 3.13. The fourth-order valence-electron chi connectivity index (χ4n) is 1.98. The third-order valence-corrected chi connectivity index (χ3v) is 3.94. The first-order valence-corrected chi connectivity index (χ1v) is 8.24. The molecule has 5 heteroatoms. The molecule has 0 saturated carbocycles. The number of thioether (sulfide) groups is 1. The maximum Gasteiger partial charge on any atom is 0.248 e. The molecule has 2 aromatic rings. The number of nitrogens with one attached hydrogen (secondary N) is 1. The van der Waals surface area contributed by atoms with E-state index in [1.807, 2.05) is 30.5 Å². The summed E-state index contributed by atoms with van der Waals surface area (Å²) in [6.45, 7) is 0. The topological polar surface area (TPSA) is 47.6 Å². The Morgan fingerprint density at radius 3 is 2.35 bits per heavy atom. The van der Waals surface area contributed by atoms with Crippen LogP contribution in [0.25, 0.3) is 6.08 Å². The maximum absolute atomic E-state index is 12.0. The molecule has 0 unspecified atom stereocenters. The highest BCUT2D eigenvalue weighted by molar-refractivity contribution is 7.98. The Kier molecular flexibility index (Phi) is 6.11. The standard InChI is InChI=1S/C18H19NO3S/c1-21-16-10-7-14(12-17(16)22-2)19-18(20)11-6-13-4-8-15(23-3)9-5-13/h4-12H,1-3H3,(H,19,20)/b11-6+. The average Bonchev–Trinajstić information content (AvgIpc) is 2.60. The van der Waals surface area contributed by atoms with Gasteiger partial charge in [-0.3, -0.25) is 4.79 Å². The molecule has 2 aromatic carbocycles. The summed E-state index contributed by atoms with van der Waals surface area (Å²) >= 11 is 1.68. The minimum absolute atomic E-state index is 0.203. The van der Waals surface area contributed by atoms with E-state index in [4.69, 9.17) is 9.47 Å². The second-order valence-electron chi connectivity index (χ2n) is 4.67. The summed E-state index contributed by atoms with van der Waals surface area (Å²) in [5.41, 5.74) is 1.63. The van der Waals surface area contributed by atoms with E-state index in [0.717, 1.165) is 5.56 Å². The zero-order valence-corrected chi connectivity index (χ0v) is 14.1. The lowest BCUT2D eigenvalue weighted by Crippen LogP contribution is -2.07. The molecule has 0 radical (unpaired) electrons. The fraction of sp³-hybridized carbons (Fsp3) is 0.167. The number of amides is 1. The van der Waals surface area contributed by atoms with E-state index in [-0.39, 0.29) is 5.91 Å². The first-order valence-electron chi connectivity index (χ1n) is 7.01. The normalized spacial score (nSPS) is 10.6. The molecule has 0 bridgehead atoms. The highest BCUT2D eigenvalue weighted by Gasteiger charge is 2.05. The van der Waals surface area contributed by atoms with Crippen molar-refractivity contribution in [2.24, 2.45) is 0 Å². The lowest BCUT2D eigenvalue weighted by Gasteiger charge is -2.09. The summed E-state index contributed by atoms with van der Waals surface area (Å²) in [6.07, 6.45) is 5.31. The largest absolute Gasteiger partial charge is 0.493 e. The van der Waals surface area contributed by atoms with E-state index >= 15 is 0 Å². The van der Waals surface area contributed by atoms with Gasteiger partial charge < -0.3 is 14.8 Å². The van der Waals surface area contributed by atoms with Gasteiger partial charge in [-0.2, -0.15) is 0 Å². The lowest BCUT2D eigenvalue weighted by molar-refractivity contribution is -0.111. The van der Waals surface area contributed by atoms with Gasteiger partial charge in [-0.05, 0) is 42.2 Å². The van der Waals surface area contributed by atoms with Crippen molar-refractivity contribution in [1.29, 1.82) is 0 Å². The van der Waals surface area contributed by atoms with Crippen LogP contribution in [-0.4, -0.2) is 26.4 Å². The van der Waals surface area contributed by atoms with Gasteiger partial charge in [0.05, 0.1) is 14.2 Å². The molecule has 0 heterocycles. The van der Waals surface area contributed by atoms with Crippen LogP contribution in [-0.2, 0) is 4.79 Å². The van der Waals surface area contributed by atoms with Crippen molar-refractivity contribution in [1.82, 2.24) is 0 Å². The van der Waals surface area contributed by atoms with Crippen LogP contribution in [0.15, 0.2) is 53.4 Å². The number of anilines is 1. The van der Waals surface area contributed by atoms with Gasteiger partial charge in [-0.25, -0.2) is 0 Å². The van der Waals surface area contributed by atoms with Gasteiger partial charge in [0.25, 0.3) is 0 Å². The minimum Gasteiger partial charge on any atom is -0.493 e. The van der Waals surface area contributed by atoms with Gasteiger partial charge in [-0.15, -0.1) is 11.8 Å². The fourth-order valence-corrected chi connectivity index (χ4v) is 2.39. The molecule has 0 aliphatic rings. The molecule has 120 valence electrons. The molecule has 0 saturated heterocycles. The summed E-state index contributed by atoms with van der Waals surface area (Å²) in [4.78, 5) is 13.2. The van der Waals surface area contributed by atoms with Crippen LogP contribution in [0.1, 0.15) is 5.56 Å². The van der Waals surface area contributed by atoms with Crippen LogP contribution in [0.5, 0.6) is 11.5 Å². The average molecular weight is 329 g/mol. The molecule has 0 aliphatic carbocycles. The molecular formula is C18H19NO3S. The zero-order valence-electron chi connectivity index (χ0n) is 13.3. The summed E-state index contributed by atoms with van der Waals surface area (Å²) in [6, 6.07) is 13.2. The molecule has 0 fully saturated rings. The Balaban J connectivity index is 2.02. The van der Waals surface area contributed by atoms with E-state index in [9.17, 15) is 4.79 Å². The van der Waals surface area contributed by atoms with Gasteiger partial charge in [0.15, 0.2) is 11.5 Å². The SMILES string of the molecule is COc1ccc(NC(=O)/C=C/c2ccc(SC)cc2)cc1OC. The Morgan fingerprint density at radius 1 is 1.04 bits per heavy atom. The number of carbonyl (C=O) groups is 1. The van der Waals surface area contributed by atoms with Crippen molar-refractivity contribution < 1.29 is 14.3 Å². The molecule has 0 atom stereocenters. The second kappa shape index (κ2) is 8.29. The molecule has 2 rings (SSSR count). The van der Waals surface area contributed by atoms with Crippen LogP contribution in [0.2, 0.25) is 0 Å². The number of carbonyl (C=O) groups excluding carboxylic acids is 1. The number of methoxy groups -OCH3 is 2. The van der Waals surface area contributed by atoms with Crippen molar-refractivity contribution in [3.63, 3.8) is 0 Å². The summed E-state index contributed by atoms with van der Waals surface area (Å²) < 4.78 is 10.4. The van der Waals surface area contributed by atoms with Crippen molar-refractivity contribution in [3.8, 4) is 11.5 Å². The molecule has 0 aliphatic heterocycles. The van der Waals surface area contributed by atoms with E-state index < -0.39 is 0 Å². The lowest BCUT2D eigenvalue weighted by atomic mass is 10.2. The molecule has 0 aromatic heterocycles. The van der Waals surface area contributed by atoms with Gasteiger partial charge in [-0.1, -0.05) is 12.1 Å². The number of hydrogen-bond acceptors (Lipinski definition) is 4. The third-order valence-electron chi connectivity index (χ3n) is 3.19. The predicted molar refractivity (Wildman–Crippen MR) is 95.4 cm³/mol. The number of rotatable bonds is 6. The van der Waals surface area contributed by atoms with E-state index in [0.29, 0.717) is 17.2 Å². The second-order valence-corrected chi connectivity index (χ2v) is 5.55. The Hall–Kier alpha value is -2.40. The Labute approximate surface area is 140 Å². The monoisotopic (exact) mass is 329 g/mol.